The van der Waals surface area contributed by atoms with Gasteiger partial charge >= 0.3 is 0 Å². The van der Waals surface area contributed by atoms with Crippen LogP contribution < -0.4 is 5.32 Å². The zero-order valence-corrected chi connectivity index (χ0v) is 13.1. The third-order valence-electron chi connectivity index (χ3n) is 4.29. The van der Waals surface area contributed by atoms with Crippen molar-refractivity contribution in [2.75, 3.05) is 0 Å². The Labute approximate surface area is 138 Å². The van der Waals surface area contributed by atoms with E-state index in [0.717, 1.165) is 24.8 Å². The monoisotopic (exact) mass is 333 g/mol. The summed E-state index contributed by atoms with van der Waals surface area (Å²) in [5, 5.41) is 15.8. The van der Waals surface area contributed by atoms with Crippen LogP contribution in [0, 0.1) is 0 Å². The van der Waals surface area contributed by atoms with Gasteiger partial charge in [-0.2, -0.15) is 4.80 Å². The first-order valence-corrected chi connectivity index (χ1v) is 8.04. The summed E-state index contributed by atoms with van der Waals surface area (Å²) in [6.45, 7) is 0.0501. The molecule has 2 aromatic rings. The van der Waals surface area contributed by atoms with Crippen molar-refractivity contribution in [3.8, 4) is 11.4 Å². The fourth-order valence-electron chi connectivity index (χ4n) is 3.20. The first-order valence-electron chi connectivity index (χ1n) is 7.66. The van der Waals surface area contributed by atoms with Gasteiger partial charge in [-0.05, 0) is 48.7 Å². The Kier molecular flexibility index (Phi) is 3.74. The predicted molar refractivity (Wildman–Crippen MR) is 82.7 cm³/mol. The summed E-state index contributed by atoms with van der Waals surface area (Å²) in [7, 11) is 0. The Morgan fingerprint density at radius 3 is 2.87 bits per heavy atom. The third kappa shape index (κ3) is 3.07. The van der Waals surface area contributed by atoms with E-state index < -0.39 is 0 Å². The molecule has 4 rings (SSSR count). The fraction of sp³-hybridized carbons (Fsp3) is 0.467. The van der Waals surface area contributed by atoms with Crippen molar-refractivity contribution in [3.05, 3.63) is 29.3 Å². The number of nitrogens with one attached hydrogen (secondary N) is 1. The Morgan fingerprint density at radius 1 is 1.35 bits per heavy atom. The number of ether oxygens (including phenoxy) is 1. The van der Waals surface area contributed by atoms with Gasteiger partial charge in [0, 0.05) is 10.6 Å². The molecule has 23 heavy (non-hydrogen) atoms. The number of tetrazole rings is 1. The quantitative estimate of drug-likeness (QED) is 0.915. The van der Waals surface area contributed by atoms with Crippen LogP contribution >= 0.6 is 11.6 Å². The molecule has 1 aromatic carbocycles. The van der Waals surface area contributed by atoms with Crippen LogP contribution in [0.4, 0.5) is 0 Å². The van der Waals surface area contributed by atoms with Crippen molar-refractivity contribution < 1.29 is 9.53 Å². The molecule has 1 aromatic heterocycles. The highest BCUT2D eigenvalue weighted by Crippen LogP contribution is 2.34. The standard InChI is InChI=1S/C15H16ClN5O2/c16-10-3-1-9(2-4-10)15-18-20-21(19-15)8-14(22)17-12-7-11-5-6-13(12)23-11/h1-4,11-13H,5-8H2,(H,17,22)/t11-,12-,13+/m1/s1. The highest BCUT2D eigenvalue weighted by atomic mass is 35.5. The van der Waals surface area contributed by atoms with E-state index in [1.807, 2.05) is 12.1 Å². The van der Waals surface area contributed by atoms with E-state index in [2.05, 4.69) is 20.7 Å². The van der Waals surface area contributed by atoms with Gasteiger partial charge in [0.05, 0.1) is 18.2 Å². The maximum absolute atomic E-state index is 12.1. The number of nitrogens with zero attached hydrogens (tertiary/aromatic N) is 4. The summed E-state index contributed by atoms with van der Waals surface area (Å²) in [5.41, 5.74) is 0.808. The molecule has 1 N–H and O–H groups in total. The Balaban J connectivity index is 1.37. The second-order valence-electron chi connectivity index (χ2n) is 5.93. The van der Waals surface area contributed by atoms with Crippen LogP contribution in [0.2, 0.25) is 5.02 Å². The normalized spacial score (nSPS) is 25.7. The van der Waals surface area contributed by atoms with E-state index in [-0.39, 0.29) is 24.6 Å². The number of fused-ring (bicyclic) bond motifs is 2. The van der Waals surface area contributed by atoms with Gasteiger partial charge in [-0.3, -0.25) is 4.79 Å². The first-order chi connectivity index (χ1) is 11.2. The molecule has 2 aliphatic heterocycles. The number of halogens is 1. The smallest absolute Gasteiger partial charge is 0.243 e. The second kappa shape index (κ2) is 5.90. The highest BCUT2D eigenvalue weighted by Gasteiger charge is 2.41. The second-order valence-corrected chi connectivity index (χ2v) is 6.37. The zero-order valence-electron chi connectivity index (χ0n) is 12.4. The van der Waals surface area contributed by atoms with Crippen molar-refractivity contribution in [1.82, 2.24) is 25.5 Å². The fourth-order valence-corrected chi connectivity index (χ4v) is 3.32. The van der Waals surface area contributed by atoms with Crippen LogP contribution in [-0.2, 0) is 16.1 Å². The lowest BCUT2D eigenvalue weighted by Gasteiger charge is -2.19. The van der Waals surface area contributed by atoms with Gasteiger partial charge < -0.3 is 10.1 Å². The van der Waals surface area contributed by atoms with E-state index in [4.69, 9.17) is 16.3 Å². The Bertz CT molecular complexity index is 717. The molecule has 2 bridgehead atoms. The van der Waals surface area contributed by atoms with Crippen LogP contribution in [0.3, 0.4) is 0 Å². The molecule has 3 atom stereocenters. The van der Waals surface area contributed by atoms with Crippen LogP contribution in [0.15, 0.2) is 24.3 Å². The molecule has 0 spiro atoms. The van der Waals surface area contributed by atoms with E-state index in [1.165, 1.54) is 4.80 Å². The van der Waals surface area contributed by atoms with E-state index in [9.17, 15) is 4.79 Å². The molecule has 3 heterocycles. The zero-order chi connectivity index (χ0) is 15.8. The summed E-state index contributed by atoms with van der Waals surface area (Å²) in [6, 6.07) is 7.27. The molecular weight excluding hydrogens is 318 g/mol. The lowest BCUT2D eigenvalue weighted by molar-refractivity contribution is -0.123. The molecule has 8 heteroatoms. The topological polar surface area (TPSA) is 81.9 Å². The SMILES string of the molecule is O=C(Cn1nnc(-c2ccc(Cl)cc2)n1)N[C@@H]1C[C@H]2CC[C@@H]1O2. The molecule has 2 aliphatic rings. The molecular formula is C15H16ClN5O2. The maximum atomic E-state index is 12.1. The minimum Gasteiger partial charge on any atom is -0.373 e. The number of hydrogen-bond donors (Lipinski definition) is 1. The molecule has 7 nitrogen and oxygen atoms in total. The first kappa shape index (κ1) is 14.6. The molecule has 0 saturated carbocycles. The minimum atomic E-state index is -0.119. The number of hydrogen-bond acceptors (Lipinski definition) is 5. The lowest BCUT2D eigenvalue weighted by Crippen LogP contribution is -2.43. The summed E-state index contributed by atoms with van der Waals surface area (Å²) < 4.78 is 5.73. The minimum absolute atomic E-state index is 0.0501. The molecule has 0 unspecified atom stereocenters. The molecule has 2 saturated heterocycles. The van der Waals surface area contributed by atoms with Crippen LogP contribution in [0.25, 0.3) is 11.4 Å². The third-order valence-corrected chi connectivity index (χ3v) is 4.54. The summed E-state index contributed by atoms with van der Waals surface area (Å²) >= 11 is 5.86. The number of aromatic nitrogens is 4. The summed E-state index contributed by atoms with van der Waals surface area (Å²) in [6.07, 6.45) is 3.50. The molecule has 0 aliphatic carbocycles. The van der Waals surface area contributed by atoms with Gasteiger partial charge in [0.2, 0.25) is 11.7 Å². The average molecular weight is 334 g/mol. The maximum Gasteiger partial charge on any atom is 0.243 e. The number of benzene rings is 1. The number of carbonyl (C=O) groups excluding carboxylic acids is 1. The van der Waals surface area contributed by atoms with Gasteiger partial charge in [-0.15, -0.1) is 10.2 Å². The number of rotatable bonds is 4. The van der Waals surface area contributed by atoms with E-state index in [1.54, 1.807) is 12.1 Å². The van der Waals surface area contributed by atoms with Gasteiger partial charge in [0.15, 0.2) is 0 Å². The van der Waals surface area contributed by atoms with Gasteiger partial charge in [-0.1, -0.05) is 11.6 Å². The Hall–Kier alpha value is -1.99. The molecule has 2 fully saturated rings. The highest BCUT2D eigenvalue weighted by molar-refractivity contribution is 6.30. The van der Waals surface area contributed by atoms with Crippen molar-refractivity contribution in [1.29, 1.82) is 0 Å². The summed E-state index contributed by atoms with van der Waals surface area (Å²) in [4.78, 5) is 13.4. The molecule has 0 radical (unpaired) electrons. The molecule has 1 amide bonds. The molecule has 120 valence electrons. The number of carbonyl (C=O) groups is 1. The largest absolute Gasteiger partial charge is 0.373 e. The van der Waals surface area contributed by atoms with Crippen LogP contribution in [0.1, 0.15) is 19.3 Å². The number of amides is 1. The van der Waals surface area contributed by atoms with Crippen LogP contribution in [0.5, 0.6) is 0 Å². The van der Waals surface area contributed by atoms with Crippen LogP contribution in [-0.4, -0.2) is 44.4 Å². The summed E-state index contributed by atoms with van der Waals surface area (Å²) in [5.74, 6) is 0.351. The van der Waals surface area contributed by atoms with Gasteiger partial charge in [0.25, 0.3) is 0 Å². The van der Waals surface area contributed by atoms with Gasteiger partial charge in [-0.25, -0.2) is 0 Å². The van der Waals surface area contributed by atoms with Gasteiger partial charge in [0.1, 0.15) is 6.54 Å². The van der Waals surface area contributed by atoms with E-state index >= 15 is 0 Å². The van der Waals surface area contributed by atoms with E-state index in [0.29, 0.717) is 17.0 Å². The van der Waals surface area contributed by atoms with Crippen molar-refractivity contribution in [2.24, 2.45) is 0 Å². The average Bonchev–Trinajstić information content (AvgIpc) is 3.24. The Morgan fingerprint density at radius 2 is 2.17 bits per heavy atom. The predicted octanol–water partition coefficient (Wildman–Crippen LogP) is 1.43. The van der Waals surface area contributed by atoms with Crippen molar-refractivity contribution in [2.45, 2.75) is 44.1 Å². The lowest BCUT2D eigenvalue weighted by atomic mass is 9.95. The van der Waals surface area contributed by atoms with Crippen molar-refractivity contribution in [3.63, 3.8) is 0 Å². The van der Waals surface area contributed by atoms with Crippen molar-refractivity contribution >= 4 is 17.5 Å².